The zero-order chi connectivity index (χ0) is 16.1. The third-order valence-corrected chi connectivity index (χ3v) is 3.51. The molecule has 0 bridgehead atoms. The molecule has 2 aromatic rings. The maximum atomic E-state index is 11.5. The van der Waals surface area contributed by atoms with Crippen LogP contribution in [0.2, 0.25) is 0 Å². The first-order valence-corrected chi connectivity index (χ1v) is 7.07. The van der Waals surface area contributed by atoms with Crippen LogP contribution in [0, 0.1) is 0 Å². The van der Waals surface area contributed by atoms with E-state index in [-0.39, 0.29) is 12.4 Å². The Hall–Kier alpha value is -2.29. The van der Waals surface area contributed by atoms with Crippen molar-refractivity contribution in [3.63, 3.8) is 0 Å². The highest BCUT2D eigenvalue weighted by Crippen LogP contribution is 2.30. The fourth-order valence-electron chi connectivity index (χ4n) is 1.81. The predicted octanol–water partition coefficient (Wildman–Crippen LogP) is 2.00. The lowest BCUT2D eigenvalue weighted by molar-refractivity contribution is 0.246. The van der Waals surface area contributed by atoms with Gasteiger partial charge in [-0.25, -0.2) is 21.5 Å². The van der Waals surface area contributed by atoms with Crippen molar-refractivity contribution in [3.8, 4) is 11.5 Å². The number of nitrogens with two attached hydrogens (primary N) is 2. The summed E-state index contributed by atoms with van der Waals surface area (Å²) in [4.78, 5) is 11.5. The van der Waals surface area contributed by atoms with Crippen molar-refractivity contribution in [2.45, 2.75) is 6.61 Å². The number of nitrogens with zero attached hydrogens (tertiary/aromatic N) is 1. The molecular weight excluding hydrogens is 352 g/mol. The van der Waals surface area contributed by atoms with Crippen LogP contribution in [0.1, 0.15) is 5.56 Å². The maximum absolute atomic E-state index is 11.5. The van der Waals surface area contributed by atoms with Crippen LogP contribution in [0.25, 0.3) is 0 Å². The number of carbonyl (C=O) groups excluding carboxylic acids is 1. The van der Waals surface area contributed by atoms with Crippen molar-refractivity contribution in [1.29, 1.82) is 0 Å². The smallest absolute Gasteiger partial charge is 0.350 e. The van der Waals surface area contributed by atoms with E-state index in [2.05, 4.69) is 15.9 Å². The van der Waals surface area contributed by atoms with E-state index in [1.165, 1.54) is 12.1 Å². The van der Waals surface area contributed by atoms with E-state index < -0.39 is 6.03 Å². The number of nitrogens with one attached hydrogen (secondary N) is 1. The summed E-state index contributed by atoms with van der Waals surface area (Å²) in [6.07, 6.45) is 0. The molecular formula is C14H15BrN4O3. The number of benzene rings is 2. The summed E-state index contributed by atoms with van der Waals surface area (Å²) in [6, 6.07) is 11.1. The predicted molar refractivity (Wildman–Crippen MR) is 86.0 cm³/mol. The van der Waals surface area contributed by atoms with Crippen molar-refractivity contribution < 1.29 is 14.6 Å². The van der Waals surface area contributed by atoms with Crippen LogP contribution in [-0.4, -0.2) is 11.1 Å². The molecule has 0 saturated carbocycles. The SMILES string of the molecule is NNC(=O)N(N)c1ccccc1COc1ccc(O)cc1Br. The van der Waals surface area contributed by atoms with Gasteiger partial charge in [0, 0.05) is 5.56 Å². The highest BCUT2D eigenvalue weighted by atomic mass is 79.9. The van der Waals surface area contributed by atoms with E-state index in [9.17, 15) is 9.90 Å². The number of urea groups is 1. The van der Waals surface area contributed by atoms with E-state index in [0.29, 0.717) is 21.5 Å². The molecule has 2 amide bonds. The lowest BCUT2D eigenvalue weighted by Crippen LogP contribution is -2.48. The van der Waals surface area contributed by atoms with Crippen molar-refractivity contribution in [2.75, 3.05) is 5.01 Å². The number of phenolic OH excluding ortho intramolecular Hbond substituents is 1. The summed E-state index contributed by atoms with van der Waals surface area (Å²) in [5.41, 5.74) is 3.14. The van der Waals surface area contributed by atoms with Gasteiger partial charge in [0.25, 0.3) is 0 Å². The van der Waals surface area contributed by atoms with Gasteiger partial charge in [0.1, 0.15) is 18.1 Å². The van der Waals surface area contributed by atoms with Gasteiger partial charge in [0.2, 0.25) is 0 Å². The van der Waals surface area contributed by atoms with Gasteiger partial charge >= 0.3 is 6.03 Å². The molecule has 22 heavy (non-hydrogen) atoms. The Morgan fingerprint density at radius 2 is 2.05 bits per heavy atom. The summed E-state index contributed by atoms with van der Waals surface area (Å²) in [6.45, 7) is 0.186. The van der Waals surface area contributed by atoms with E-state index in [4.69, 9.17) is 16.4 Å². The highest BCUT2D eigenvalue weighted by Gasteiger charge is 2.14. The van der Waals surface area contributed by atoms with Crippen LogP contribution in [-0.2, 0) is 6.61 Å². The number of halogens is 1. The Morgan fingerprint density at radius 1 is 1.32 bits per heavy atom. The molecule has 0 aromatic heterocycles. The van der Waals surface area contributed by atoms with E-state index in [1.54, 1.807) is 24.3 Å². The Balaban J connectivity index is 2.18. The average Bonchev–Trinajstić information content (AvgIpc) is 2.53. The Kier molecular flexibility index (Phi) is 5.21. The van der Waals surface area contributed by atoms with Crippen molar-refractivity contribution in [2.24, 2.45) is 11.7 Å². The summed E-state index contributed by atoms with van der Waals surface area (Å²) >= 11 is 3.30. The lowest BCUT2D eigenvalue weighted by Gasteiger charge is -2.19. The molecule has 0 atom stereocenters. The molecule has 0 radical (unpaired) electrons. The van der Waals surface area contributed by atoms with Crippen molar-refractivity contribution in [1.82, 2.24) is 5.43 Å². The molecule has 0 heterocycles. The van der Waals surface area contributed by atoms with Gasteiger partial charge in [-0.2, -0.15) is 0 Å². The minimum Gasteiger partial charge on any atom is -0.508 e. The lowest BCUT2D eigenvalue weighted by atomic mass is 10.2. The summed E-state index contributed by atoms with van der Waals surface area (Å²) in [5, 5.41) is 10.3. The van der Waals surface area contributed by atoms with Crippen LogP contribution in [0.4, 0.5) is 10.5 Å². The van der Waals surface area contributed by atoms with Crippen molar-refractivity contribution >= 4 is 27.6 Å². The molecule has 0 aliphatic heterocycles. The summed E-state index contributed by atoms with van der Waals surface area (Å²) in [5.74, 6) is 11.5. The van der Waals surface area contributed by atoms with Gasteiger partial charge in [0.05, 0.1) is 10.2 Å². The molecule has 6 N–H and O–H groups in total. The number of hydrogen-bond acceptors (Lipinski definition) is 5. The van der Waals surface area contributed by atoms with E-state index >= 15 is 0 Å². The molecule has 8 heteroatoms. The number of phenols is 1. The molecule has 0 spiro atoms. The van der Waals surface area contributed by atoms with Crippen LogP contribution in [0.15, 0.2) is 46.9 Å². The zero-order valence-corrected chi connectivity index (χ0v) is 13.1. The van der Waals surface area contributed by atoms with Gasteiger partial charge in [-0.05, 0) is 40.2 Å². The molecule has 0 fully saturated rings. The second-order valence-electron chi connectivity index (χ2n) is 4.35. The first-order valence-electron chi connectivity index (χ1n) is 6.27. The number of hydrazine groups is 2. The minimum atomic E-state index is -0.640. The van der Waals surface area contributed by atoms with Gasteiger partial charge < -0.3 is 9.84 Å². The molecule has 0 saturated heterocycles. The number of hydrogen-bond donors (Lipinski definition) is 4. The summed E-state index contributed by atoms with van der Waals surface area (Å²) in [7, 11) is 0. The maximum Gasteiger partial charge on any atom is 0.350 e. The first-order chi connectivity index (χ1) is 10.5. The standard InChI is InChI=1S/C14H15BrN4O3/c15-11-7-10(20)5-6-13(11)22-8-9-3-1-2-4-12(9)19(17)14(21)18-16/h1-7,20H,8,16-17H2,(H,18,21). The fourth-order valence-corrected chi connectivity index (χ4v) is 2.29. The van der Waals surface area contributed by atoms with Crippen LogP contribution in [0.5, 0.6) is 11.5 Å². The zero-order valence-electron chi connectivity index (χ0n) is 11.5. The van der Waals surface area contributed by atoms with Crippen molar-refractivity contribution in [3.05, 3.63) is 52.5 Å². The molecule has 2 aromatic carbocycles. The fraction of sp³-hybridized carbons (Fsp3) is 0.0714. The topological polar surface area (TPSA) is 114 Å². The third-order valence-electron chi connectivity index (χ3n) is 2.89. The number of para-hydroxylation sites is 1. The third kappa shape index (κ3) is 3.67. The molecule has 7 nitrogen and oxygen atoms in total. The molecule has 0 aliphatic rings. The van der Waals surface area contributed by atoms with Crippen LogP contribution in [0.3, 0.4) is 0 Å². The Bertz CT molecular complexity index is 681. The Morgan fingerprint density at radius 3 is 2.73 bits per heavy atom. The van der Waals surface area contributed by atoms with Gasteiger partial charge in [-0.15, -0.1) is 0 Å². The molecule has 0 unspecified atom stereocenters. The number of amides is 2. The highest BCUT2D eigenvalue weighted by molar-refractivity contribution is 9.10. The van der Waals surface area contributed by atoms with Gasteiger partial charge in [-0.1, -0.05) is 18.2 Å². The first kappa shape index (κ1) is 16.1. The minimum absolute atomic E-state index is 0.132. The number of carbonyl (C=O) groups is 1. The Labute approximate surface area is 135 Å². The normalized spacial score (nSPS) is 10.1. The largest absolute Gasteiger partial charge is 0.508 e. The second kappa shape index (κ2) is 7.12. The monoisotopic (exact) mass is 366 g/mol. The second-order valence-corrected chi connectivity index (χ2v) is 5.21. The van der Waals surface area contributed by atoms with E-state index in [0.717, 1.165) is 5.01 Å². The molecule has 116 valence electrons. The molecule has 0 aliphatic carbocycles. The number of ether oxygens (including phenoxy) is 1. The summed E-state index contributed by atoms with van der Waals surface area (Å²) < 4.78 is 6.30. The number of anilines is 1. The number of rotatable bonds is 4. The van der Waals surface area contributed by atoms with Gasteiger partial charge in [-0.3, -0.25) is 5.43 Å². The quantitative estimate of drug-likeness (QED) is 0.375. The van der Waals surface area contributed by atoms with Gasteiger partial charge in [0.15, 0.2) is 0 Å². The van der Waals surface area contributed by atoms with Crippen LogP contribution >= 0.6 is 15.9 Å². The number of aromatic hydroxyl groups is 1. The molecule has 2 rings (SSSR count). The van der Waals surface area contributed by atoms with Crippen LogP contribution < -0.4 is 26.9 Å². The average molecular weight is 367 g/mol. The van der Waals surface area contributed by atoms with E-state index in [1.807, 2.05) is 11.5 Å².